The molecule has 33 heavy (non-hydrogen) atoms. The lowest BCUT2D eigenvalue weighted by molar-refractivity contribution is -0.384. The first-order valence-electron chi connectivity index (χ1n) is 9.72. The van der Waals surface area contributed by atoms with Crippen LogP contribution in [0.25, 0.3) is 17.1 Å². The number of thioether (sulfide) groups is 1. The van der Waals surface area contributed by atoms with E-state index >= 15 is 0 Å². The SMILES string of the molecule is Cc1ccccc1-n1c(SCC(=O)Nc2cc([N+](=O)[O-])ccc2F)nnc1-c1cccnc1. The number of aromatic nitrogens is 4. The van der Waals surface area contributed by atoms with Gasteiger partial charge in [0, 0.05) is 30.1 Å². The van der Waals surface area contributed by atoms with Crippen LogP contribution in [0.2, 0.25) is 0 Å². The number of nitro benzene ring substituents is 1. The minimum absolute atomic E-state index is 0.112. The Morgan fingerprint density at radius 3 is 2.73 bits per heavy atom. The molecule has 0 spiro atoms. The van der Waals surface area contributed by atoms with Crippen molar-refractivity contribution in [2.75, 3.05) is 11.1 Å². The first-order valence-corrected chi connectivity index (χ1v) is 10.7. The standard InChI is InChI=1S/C22H17FN6O3S/c1-14-5-2-3-7-19(14)28-21(15-6-4-10-24-12-15)26-27-22(28)33-13-20(30)25-18-11-16(29(31)32)8-9-17(18)23/h2-12H,13H2,1H3,(H,25,30). The van der Waals surface area contributed by atoms with Gasteiger partial charge in [-0.25, -0.2) is 4.39 Å². The molecule has 2 aromatic heterocycles. The molecule has 0 fully saturated rings. The fourth-order valence-electron chi connectivity index (χ4n) is 3.12. The summed E-state index contributed by atoms with van der Waals surface area (Å²) in [5.74, 6) is -0.855. The van der Waals surface area contributed by atoms with Crippen molar-refractivity contribution >= 4 is 29.0 Å². The Kier molecular flexibility index (Phi) is 6.41. The van der Waals surface area contributed by atoms with Crippen LogP contribution in [0.3, 0.4) is 0 Å². The molecule has 4 aromatic rings. The number of amides is 1. The van der Waals surface area contributed by atoms with Crippen molar-refractivity contribution in [3.8, 4) is 17.1 Å². The highest BCUT2D eigenvalue weighted by atomic mass is 32.2. The zero-order chi connectivity index (χ0) is 23.4. The van der Waals surface area contributed by atoms with Crippen LogP contribution < -0.4 is 5.32 Å². The molecule has 11 heteroatoms. The summed E-state index contributed by atoms with van der Waals surface area (Å²) < 4.78 is 15.8. The van der Waals surface area contributed by atoms with Crippen LogP contribution in [0.1, 0.15) is 5.56 Å². The van der Waals surface area contributed by atoms with Gasteiger partial charge in [-0.3, -0.25) is 24.5 Å². The quantitative estimate of drug-likeness (QED) is 0.245. The van der Waals surface area contributed by atoms with Crippen molar-refractivity contribution < 1.29 is 14.1 Å². The van der Waals surface area contributed by atoms with Crippen LogP contribution in [0.4, 0.5) is 15.8 Å². The van der Waals surface area contributed by atoms with E-state index in [0.29, 0.717) is 11.0 Å². The number of hydrogen-bond acceptors (Lipinski definition) is 7. The summed E-state index contributed by atoms with van der Waals surface area (Å²) >= 11 is 1.11. The average molecular weight is 464 g/mol. The number of nitrogens with one attached hydrogen (secondary N) is 1. The number of nitrogens with zero attached hydrogens (tertiary/aromatic N) is 5. The van der Waals surface area contributed by atoms with Crippen LogP contribution in [-0.4, -0.2) is 36.3 Å². The summed E-state index contributed by atoms with van der Waals surface area (Å²) in [5.41, 5.74) is 2.00. The molecular formula is C22H17FN6O3S. The molecule has 0 saturated heterocycles. The zero-order valence-electron chi connectivity index (χ0n) is 17.3. The van der Waals surface area contributed by atoms with Gasteiger partial charge in [0.25, 0.3) is 5.69 Å². The van der Waals surface area contributed by atoms with Gasteiger partial charge in [-0.1, -0.05) is 30.0 Å². The minimum atomic E-state index is -0.763. The molecular weight excluding hydrogens is 447 g/mol. The van der Waals surface area contributed by atoms with Crippen LogP contribution >= 0.6 is 11.8 Å². The Labute approximate surface area is 191 Å². The van der Waals surface area contributed by atoms with Crippen LogP contribution in [0, 0.1) is 22.9 Å². The second-order valence-corrected chi connectivity index (χ2v) is 7.87. The van der Waals surface area contributed by atoms with E-state index in [0.717, 1.165) is 46.8 Å². The summed E-state index contributed by atoms with van der Waals surface area (Å²) in [5, 5.41) is 22.3. The van der Waals surface area contributed by atoms with Gasteiger partial charge in [-0.05, 0) is 36.8 Å². The fraction of sp³-hybridized carbons (Fsp3) is 0.0909. The molecule has 0 unspecified atom stereocenters. The lowest BCUT2D eigenvalue weighted by Gasteiger charge is -2.12. The molecule has 0 saturated carbocycles. The van der Waals surface area contributed by atoms with Gasteiger partial charge in [0.1, 0.15) is 5.82 Å². The van der Waals surface area contributed by atoms with E-state index in [4.69, 9.17) is 0 Å². The average Bonchev–Trinajstić information content (AvgIpc) is 3.23. The van der Waals surface area contributed by atoms with E-state index in [1.165, 1.54) is 0 Å². The third kappa shape index (κ3) is 4.88. The van der Waals surface area contributed by atoms with Crippen LogP contribution in [0.15, 0.2) is 72.1 Å². The van der Waals surface area contributed by atoms with Gasteiger partial charge >= 0.3 is 0 Å². The molecule has 0 atom stereocenters. The summed E-state index contributed by atoms with van der Waals surface area (Å²) in [6.45, 7) is 1.95. The summed E-state index contributed by atoms with van der Waals surface area (Å²) in [4.78, 5) is 26.9. The van der Waals surface area contributed by atoms with E-state index in [9.17, 15) is 19.3 Å². The molecule has 9 nitrogen and oxygen atoms in total. The Morgan fingerprint density at radius 2 is 2.00 bits per heavy atom. The van der Waals surface area contributed by atoms with Crippen molar-refractivity contribution in [3.05, 3.63) is 88.5 Å². The van der Waals surface area contributed by atoms with Gasteiger partial charge < -0.3 is 5.32 Å². The predicted molar refractivity (Wildman–Crippen MR) is 122 cm³/mol. The first kappa shape index (κ1) is 22.1. The molecule has 0 aliphatic carbocycles. The smallest absolute Gasteiger partial charge is 0.271 e. The molecule has 166 valence electrons. The predicted octanol–water partition coefficient (Wildman–Crippen LogP) is 4.42. The Balaban J connectivity index is 1.60. The maximum Gasteiger partial charge on any atom is 0.271 e. The number of non-ortho nitro benzene ring substituents is 1. The molecule has 0 radical (unpaired) electrons. The van der Waals surface area contributed by atoms with E-state index in [-0.39, 0.29) is 17.1 Å². The van der Waals surface area contributed by atoms with Gasteiger partial charge in [0.05, 0.1) is 22.1 Å². The fourth-order valence-corrected chi connectivity index (χ4v) is 3.86. The summed E-state index contributed by atoms with van der Waals surface area (Å²) in [7, 11) is 0. The monoisotopic (exact) mass is 464 g/mol. The molecule has 1 amide bonds. The lowest BCUT2D eigenvalue weighted by Crippen LogP contribution is -2.16. The van der Waals surface area contributed by atoms with Crippen molar-refractivity contribution in [3.63, 3.8) is 0 Å². The number of hydrogen-bond donors (Lipinski definition) is 1. The molecule has 1 N–H and O–H groups in total. The summed E-state index contributed by atoms with van der Waals surface area (Å²) in [6.07, 6.45) is 3.33. The minimum Gasteiger partial charge on any atom is -0.323 e. The number of nitro groups is 1. The van der Waals surface area contributed by atoms with Gasteiger partial charge in [0.2, 0.25) is 5.91 Å². The molecule has 0 aliphatic heterocycles. The second kappa shape index (κ2) is 9.57. The van der Waals surface area contributed by atoms with Gasteiger partial charge in [0.15, 0.2) is 11.0 Å². The van der Waals surface area contributed by atoms with Crippen LogP contribution in [-0.2, 0) is 4.79 Å². The normalized spacial score (nSPS) is 10.7. The molecule has 0 aliphatic rings. The lowest BCUT2D eigenvalue weighted by atomic mass is 10.2. The largest absolute Gasteiger partial charge is 0.323 e. The van der Waals surface area contributed by atoms with E-state index < -0.39 is 16.6 Å². The third-order valence-electron chi connectivity index (χ3n) is 4.68. The third-order valence-corrected chi connectivity index (χ3v) is 5.61. The Morgan fingerprint density at radius 1 is 1.18 bits per heavy atom. The summed E-state index contributed by atoms with van der Waals surface area (Å²) in [6, 6.07) is 14.3. The topological polar surface area (TPSA) is 116 Å². The number of rotatable bonds is 7. The Hall–Kier alpha value is -4.12. The first-order chi connectivity index (χ1) is 15.9. The second-order valence-electron chi connectivity index (χ2n) is 6.93. The van der Waals surface area contributed by atoms with E-state index in [2.05, 4.69) is 20.5 Å². The number of anilines is 1. The van der Waals surface area contributed by atoms with Gasteiger partial charge in [-0.2, -0.15) is 0 Å². The number of aryl methyl sites for hydroxylation is 1. The number of pyridine rings is 1. The number of carbonyl (C=O) groups is 1. The van der Waals surface area contributed by atoms with Crippen molar-refractivity contribution in [1.29, 1.82) is 0 Å². The number of benzene rings is 2. The molecule has 0 bridgehead atoms. The molecule has 4 rings (SSSR count). The maximum absolute atomic E-state index is 14.0. The van der Waals surface area contributed by atoms with Crippen molar-refractivity contribution in [1.82, 2.24) is 19.7 Å². The van der Waals surface area contributed by atoms with Crippen molar-refractivity contribution in [2.45, 2.75) is 12.1 Å². The zero-order valence-corrected chi connectivity index (χ0v) is 18.1. The van der Waals surface area contributed by atoms with E-state index in [1.54, 1.807) is 18.5 Å². The van der Waals surface area contributed by atoms with E-state index in [1.807, 2.05) is 41.8 Å². The Bertz CT molecular complexity index is 1330. The maximum atomic E-state index is 14.0. The number of halogens is 1. The van der Waals surface area contributed by atoms with Gasteiger partial charge in [-0.15, -0.1) is 10.2 Å². The van der Waals surface area contributed by atoms with Crippen molar-refractivity contribution in [2.24, 2.45) is 0 Å². The number of para-hydroxylation sites is 1. The molecule has 2 aromatic carbocycles. The van der Waals surface area contributed by atoms with Crippen LogP contribution in [0.5, 0.6) is 0 Å². The highest BCUT2D eigenvalue weighted by molar-refractivity contribution is 7.99. The highest BCUT2D eigenvalue weighted by Crippen LogP contribution is 2.29. The highest BCUT2D eigenvalue weighted by Gasteiger charge is 2.19. The number of carbonyl (C=O) groups excluding carboxylic acids is 1. The molecule has 2 heterocycles.